The van der Waals surface area contributed by atoms with E-state index in [-0.39, 0.29) is 52.9 Å². The molecule has 0 aliphatic heterocycles. The van der Waals surface area contributed by atoms with Crippen molar-refractivity contribution in [3.05, 3.63) is 11.6 Å². The second kappa shape index (κ2) is 5.37. The summed E-state index contributed by atoms with van der Waals surface area (Å²) < 4.78 is 0. The summed E-state index contributed by atoms with van der Waals surface area (Å²) in [6, 6.07) is 0. The third kappa shape index (κ3) is 2.02. The summed E-state index contributed by atoms with van der Waals surface area (Å²) >= 11 is 0. The maximum atomic E-state index is 13.4. The van der Waals surface area contributed by atoms with Crippen LogP contribution in [0.2, 0.25) is 0 Å². The minimum atomic E-state index is -1.37. The number of allylic oxidation sites excluding steroid dienone is 1. The number of Topliss-reactive ketones (excluding diaryl/α,β-unsaturated/α-hetero) is 2. The van der Waals surface area contributed by atoms with Crippen molar-refractivity contribution < 1.29 is 19.5 Å². The molecule has 0 radical (unpaired) electrons. The predicted molar refractivity (Wildman–Crippen MR) is 97.3 cm³/mol. The van der Waals surface area contributed by atoms with E-state index < -0.39 is 11.0 Å². The second-order valence-corrected chi connectivity index (χ2v) is 9.88. The van der Waals surface area contributed by atoms with E-state index in [0.29, 0.717) is 12.8 Å². The maximum Gasteiger partial charge on any atom is 0.161 e. The van der Waals surface area contributed by atoms with Gasteiger partial charge in [0, 0.05) is 24.2 Å². The van der Waals surface area contributed by atoms with Crippen molar-refractivity contribution in [3.63, 3.8) is 0 Å². The summed E-state index contributed by atoms with van der Waals surface area (Å²) in [7, 11) is 0. The van der Waals surface area contributed by atoms with Gasteiger partial charge in [-0.25, -0.2) is 0 Å². The van der Waals surface area contributed by atoms with Crippen molar-refractivity contribution in [1.82, 2.24) is 0 Å². The van der Waals surface area contributed by atoms with Crippen LogP contribution in [0.25, 0.3) is 0 Å². The highest BCUT2D eigenvalue weighted by Gasteiger charge is 2.68. The van der Waals surface area contributed by atoms with Crippen LogP contribution in [-0.2, 0) is 14.4 Å². The summed E-state index contributed by atoms with van der Waals surface area (Å²) in [5.41, 5.74) is -1.11. The van der Waals surface area contributed by atoms with Crippen LogP contribution >= 0.6 is 0 Å². The Bertz CT molecular complexity index is 736. The molecule has 1 N–H and O–H groups in total. The van der Waals surface area contributed by atoms with E-state index >= 15 is 0 Å². The smallest absolute Gasteiger partial charge is 0.161 e. The summed E-state index contributed by atoms with van der Waals surface area (Å²) in [5.74, 6) is 0.745. The van der Waals surface area contributed by atoms with E-state index in [4.69, 9.17) is 0 Å². The lowest BCUT2D eigenvalue weighted by Gasteiger charge is -2.59. The van der Waals surface area contributed by atoms with Crippen LogP contribution in [0.1, 0.15) is 66.2 Å². The normalized spacial score (nSPS) is 50.6. The molecule has 0 aromatic rings. The number of rotatable bonds is 1. The molecular formula is C22H30O4. The largest absolute Gasteiger partial charge is 0.381 e. The first-order valence-corrected chi connectivity index (χ1v) is 10.1. The zero-order chi connectivity index (χ0) is 19.1. The third-order valence-electron chi connectivity index (χ3n) is 8.71. The Hall–Kier alpha value is -1.29. The van der Waals surface area contributed by atoms with Crippen LogP contribution in [0.15, 0.2) is 11.6 Å². The van der Waals surface area contributed by atoms with Crippen LogP contribution in [0.3, 0.4) is 0 Å². The lowest BCUT2D eigenvalue weighted by Crippen LogP contribution is -2.61. The number of hydrogen-bond acceptors (Lipinski definition) is 4. The molecule has 4 rings (SSSR count). The maximum absolute atomic E-state index is 13.4. The predicted octanol–water partition coefficient (Wildman–Crippen LogP) is 3.26. The summed E-state index contributed by atoms with van der Waals surface area (Å²) in [6.45, 7) is 7.76. The van der Waals surface area contributed by atoms with Gasteiger partial charge in [-0.05, 0) is 61.9 Å². The number of carbonyl (C=O) groups excluding carboxylic acids is 3. The molecule has 142 valence electrons. The van der Waals surface area contributed by atoms with Gasteiger partial charge >= 0.3 is 0 Å². The average Bonchev–Trinajstić information content (AvgIpc) is 2.81. The first kappa shape index (κ1) is 18.1. The Balaban J connectivity index is 1.80. The Morgan fingerprint density at radius 2 is 1.92 bits per heavy atom. The number of aliphatic hydroxyl groups is 1. The Morgan fingerprint density at radius 3 is 2.58 bits per heavy atom. The summed E-state index contributed by atoms with van der Waals surface area (Å²) in [6.07, 6.45) is 5.50. The fourth-order valence-electron chi connectivity index (χ4n) is 7.40. The molecule has 0 bridgehead atoms. The van der Waals surface area contributed by atoms with Gasteiger partial charge < -0.3 is 5.11 Å². The molecular weight excluding hydrogens is 328 g/mol. The minimum Gasteiger partial charge on any atom is -0.381 e. The summed E-state index contributed by atoms with van der Waals surface area (Å²) in [4.78, 5) is 37.7. The second-order valence-electron chi connectivity index (χ2n) is 9.88. The summed E-state index contributed by atoms with van der Waals surface area (Å²) in [5, 5.41) is 11.2. The first-order chi connectivity index (χ1) is 12.0. The minimum absolute atomic E-state index is 0.0783. The molecule has 0 aromatic carbocycles. The van der Waals surface area contributed by atoms with Crippen LogP contribution in [0, 0.1) is 34.5 Å². The van der Waals surface area contributed by atoms with Crippen LogP contribution in [0.5, 0.6) is 0 Å². The lowest BCUT2D eigenvalue weighted by molar-refractivity contribution is -0.168. The van der Waals surface area contributed by atoms with E-state index in [1.807, 2.05) is 13.0 Å². The first-order valence-electron chi connectivity index (χ1n) is 10.1. The molecule has 0 amide bonds. The van der Waals surface area contributed by atoms with Crippen molar-refractivity contribution in [2.24, 2.45) is 34.5 Å². The van der Waals surface area contributed by atoms with Crippen molar-refractivity contribution >= 4 is 17.3 Å². The van der Waals surface area contributed by atoms with Gasteiger partial charge in [-0.1, -0.05) is 26.3 Å². The fraction of sp³-hybridized carbons (Fsp3) is 0.773. The fourth-order valence-corrected chi connectivity index (χ4v) is 7.40. The van der Waals surface area contributed by atoms with Gasteiger partial charge in [-0.15, -0.1) is 0 Å². The van der Waals surface area contributed by atoms with E-state index in [0.717, 1.165) is 24.8 Å². The molecule has 7 atom stereocenters. The topological polar surface area (TPSA) is 71.4 Å². The molecule has 4 heteroatoms. The molecule has 0 heterocycles. The lowest BCUT2D eigenvalue weighted by atomic mass is 9.44. The number of ketones is 3. The van der Waals surface area contributed by atoms with Gasteiger partial charge in [0.15, 0.2) is 11.6 Å². The Morgan fingerprint density at radius 1 is 1.23 bits per heavy atom. The highest BCUT2D eigenvalue weighted by molar-refractivity contribution is 5.94. The van der Waals surface area contributed by atoms with E-state index in [1.54, 1.807) is 0 Å². The SMILES string of the molecule is CC(=O)[C@@]1(O)CCC2C3C[C@H](C)C4=CC(=O)CC[C@]4(C)C3C(=O)C[C@@]21C. The van der Waals surface area contributed by atoms with Gasteiger partial charge in [-0.2, -0.15) is 0 Å². The molecule has 0 saturated heterocycles. The van der Waals surface area contributed by atoms with Crippen molar-refractivity contribution in [2.45, 2.75) is 71.8 Å². The van der Waals surface area contributed by atoms with Crippen LogP contribution in [0.4, 0.5) is 0 Å². The van der Waals surface area contributed by atoms with Crippen LogP contribution in [-0.4, -0.2) is 28.1 Å². The number of carbonyl (C=O) groups is 3. The third-order valence-corrected chi connectivity index (χ3v) is 8.71. The van der Waals surface area contributed by atoms with Crippen molar-refractivity contribution in [2.75, 3.05) is 0 Å². The van der Waals surface area contributed by atoms with E-state index in [9.17, 15) is 19.5 Å². The number of hydrogen-bond donors (Lipinski definition) is 1. The molecule has 4 nitrogen and oxygen atoms in total. The molecule has 3 unspecified atom stereocenters. The van der Waals surface area contributed by atoms with Gasteiger partial charge in [0.05, 0.1) is 0 Å². The zero-order valence-electron chi connectivity index (χ0n) is 16.3. The Labute approximate surface area is 155 Å². The van der Waals surface area contributed by atoms with Crippen molar-refractivity contribution in [3.8, 4) is 0 Å². The number of fused-ring (bicyclic) bond motifs is 5. The molecule has 0 spiro atoms. The molecule has 4 aliphatic rings. The molecule has 3 fully saturated rings. The molecule has 4 aliphatic carbocycles. The van der Waals surface area contributed by atoms with Gasteiger partial charge in [-0.3, -0.25) is 14.4 Å². The van der Waals surface area contributed by atoms with Crippen LogP contribution < -0.4 is 0 Å². The van der Waals surface area contributed by atoms with Gasteiger partial charge in [0.2, 0.25) is 0 Å². The quantitative estimate of drug-likeness (QED) is 0.781. The highest BCUT2D eigenvalue weighted by atomic mass is 16.3. The van der Waals surface area contributed by atoms with E-state index in [2.05, 4.69) is 13.8 Å². The average molecular weight is 358 g/mol. The zero-order valence-corrected chi connectivity index (χ0v) is 16.3. The standard InChI is InChI=1S/C22H30O4/c1-12-9-15-16-6-8-22(26,13(2)23)21(16,4)11-18(25)19(15)20(3)7-5-14(24)10-17(12)20/h10,12,15-16,19,26H,5-9,11H2,1-4H3/t12-,15?,16?,19?,20-,21-,22-/m0/s1. The van der Waals surface area contributed by atoms with Crippen molar-refractivity contribution in [1.29, 1.82) is 0 Å². The van der Waals surface area contributed by atoms with E-state index in [1.165, 1.54) is 6.92 Å². The molecule has 3 saturated carbocycles. The van der Waals surface area contributed by atoms with Gasteiger partial charge in [0.25, 0.3) is 0 Å². The molecule has 0 aromatic heterocycles. The van der Waals surface area contributed by atoms with Gasteiger partial charge in [0.1, 0.15) is 11.4 Å². The highest BCUT2D eigenvalue weighted by Crippen LogP contribution is 2.67. The monoisotopic (exact) mass is 358 g/mol. The Kier molecular flexibility index (Phi) is 3.74. The molecule has 26 heavy (non-hydrogen) atoms.